The number of hydrogen-bond acceptors (Lipinski definition) is 5. The molecule has 3 N–H and O–H groups in total. The number of pyridine rings is 1. The number of piperidine rings is 1. The topological polar surface area (TPSA) is 106 Å². The molecule has 0 radical (unpaired) electrons. The van der Waals surface area contributed by atoms with Crippen molar-refractivity contribution in [1.82, 2.24) is 9.88 Å². The normalized spacial score (nSPS) is 18.2. The van der Waals surface area contributed by atoms with Crippen molar-refractivity contribution >= 4 is 11.8 Å². The summed E-state index contributed by atoms with van der Waals surface area (Å²) in [5.74, 6) is -0.476. The predicted molar refractivity (Wildman–Crippen MR) is 94.4 cm³/mol. The lowest BCUT2D eigenvalue weighted by molar-refractivity contribution is -0.143. The highest BCUT2D eigenvalue weighted by molar-refractivity contribution is 5.91. The number of aliphatic hydroxyl groups is 1. The van der Waals surface area contributed by atoms with Gasteiger partial charge >= 0.3 is 0 Å². The molecule has 2 atom stereocenters. The Hall–Kier alpha value is -2.93. The molecule has 1 saturated heterocycles. The van der Waals surface area contributed by atoms with E-state index in [1.807, 2.05) is 6.07 Å². The molecule has 1 aliphatic rings. The van der Waals surface area contributed by atoms with Gasteiger partial charge in [0.25, 0.3) is 11.8 Å². The standard InChI is InChI=1S/C19H21N3O4/c20-18(24)16-11-14(8-9-21-16)26-15-7-4-10-22(12-15)19(25)17(23)13-5-2-1-3-6-13/h1-3,5-6,8-9,11,15,17,23H,4,7,10,12H2,(H2,20,24). The SMILES string of the molecule is NC(=O)c1cc(OC2CCCN(C(=O)C(O)c3ccccc3)C2)ccn1. The Morgan fingerprint density at radius 2 is 2.04 bits per heavy atom. The Kier molecular flexibility index (Phi) is 5.48. The summed E-state index contributed by atoms with van der Waals surface area (Å²) < 4.78 is 5.89. The van der Waals surface area contributed by atoms with Crippen LogP contribution in [0.4, 0.5) is 0 Å². The number of nitrogens with zero attached hydrogens (tertiary/aromatic N) is 2. The van der Waals surface area contributed by atoms with Crippen molar-refractivity contribution in [3.05, 3.63) is 59.9 Å². The van der Waals surface area contributed by atoms with Crippen molar-refractivity contribution in [2.45, 2.75) is 25.0 Å². The molecule has 0 aliphatic carbocycles. The maximum Gasteiger partial charge on any atom is 0.267 e. The number of benzene rings is 1. The molecule has 136 valence electrons. The van der Waals surface area contributed by atoms with Crippen LogP contribution in [-0.4, -0.2) is 46.0 Å². The van der Waals surface area contributed by atoms with Crippen LogP contribution < -0.4 is 10.5 Å². The van der Waals surface area contributed by atoms with E-state index in [0.29, 0.717) is 24.4 Å². The fourth-order valence-electron chi connectivity index (χ4n) is 3.00. The minimum Gasteiger partial charge on any atom is -0.488 e. The van der Waals surface area contributed by atoms with E-state index in [9.17, 15) is 14.7 Å². The van der Waals surface area contributed by atoms with Crippen LogP contribution in [0.2, 0.25) is 0 Å². The number of nitrogens with two attached hydrogens (primary N) is 1. The molecule has 1 aromatic carbocycles. The van der Waals surface area contributed by atoms with Gasteiger partial charge in [-0.25, -0.2) is 0 Å². The fraction of sp³-hybridized carbons (Fsp3) is 0.316. The number of carbonyl (C=O) groups is 2. The van der Waals surface area contributed by atoms with Gasteiger partial charge in [-0.15, -0.1) is 0 Å². The number of amides is 2. The molecule has 1 aliphatic heterocycles. The number of primary amides is 1. The number of hydrogen-bond donors (Lipinski definition) is 2. The molecule has 3 rings (SSSR count). The van der Waals surface area contributed by atoms with Crippen LogP contribution in [0, 0.1) is 0 Å². The summed E-state index contributed by atoms with van der Waals surface area (Å²) in [5, 5.41) is 10.3. The second kappa shape index (κ2) is 7.97. The Labute approximate surface area is 151 Å². The minimum absolute atomic E-state index is 0.130. The number of ether oxygens (including phenoxy) is 1. The van der Waals surface area contributed by atoms with Crippen LogP contribution in [0.3, 0.4) is 0 Å². The first-order valence-corrected chi connectivity index (χ1v) is 8.49. The maximum absolute atomic E-state index is 12.6. The number of carbonyl (C=O) groups excluding carboxylic acids is 2. The Balaban J connectivity index is 1.65. The highest BCUT2D eigenvalue weighted by Gasteiger charge is 2.29. The van der Waals surface area contributed by atoms with E-state index in [-0.39, 0.29) is 17.7 Å². The van der Waals surface area contributed by atoms with Gasteiger partial charge in [-0.05, 0) is 24.5 Å². The van der Waals surface area contributed by atoms with Gasteiger partial charge in [-0.1, -0.05) is 30.3 Å². The summed E-state index contributed by atoms with van der Waals surface area (Å²) in [6, 6.07) is 12.0. The van der Waals surface area contributed by atoms with Crippen LogP contribution >= 0.6 is 0 Å². The lowest BCUT2D eigenvalue weighted by atomic mass is 10.0. The molecule has 1 aromatic heterocycles. The van der Waals surface area contributed by atoms with Gasteiger partial charge in [0.2, 0.25) is 0 Å². The van der Waals surface area contributed by atoms with Crippen LogP contribution in [0.1, 0.15) is 35.0 Å². The largest absolute Gasteiger partial charge is 0.488 e. The van der Waals surface area contributed by atoms with E-state index < -0.39 is 12.0 Å². The second-order valence-electron chi connectivity index (χ2n) is 6.22. The number of aromatic nitrogens is 1. The van der Waals surface area contributed by atoms with Gasteiger partial charge < -0.3 is 20.5 Å². The van der Waals surface area contributed by atoms with Crippen LogP contribution in [0.5, 0.6) is 5.75 Å². The summed E-state index contributed by atoms with van der Waals surface area (Å²) in [5.41, 5.74) is 5.93. The molecule has 0 bridgehead atoms. The molecule has 26 heavy (non-hydrogen) atoms. The molecule has 7 heteroatoms. The zero-order chi connectivity index (χ0) is 18.5. The third-order valence-electron chi connectivity index (χ3n) is 4.33. The molecule has 2 heterocycles. The van der Waals surface area contributed by atoms with Gasteiger partial charge in [0.1, 0.15) is 17.5 Å². The summed E-state index contributed by atoms with van der Waals surface area (Å²) in [4.78, 5) is 29.3. The fourth-order valence-corrected chi connectivity index (χ4v) is 3.00. The summed E-state index contributed by atoms with van der Waals surface area (Å²) >= 11 is 0. The van der Waals surface area contributed by atoms with E-state index in [1.165, 1.54) is 12.3 Å². The average molecular weight is 355 g/mol. The number of likely N-dealkylation sites (tertiary alicyclic amines) is 1. The lowest BCUT2D eigenvalue weighted by Gasteiger charge is -2.34. The average Bonchev–Trinajstić information content (AvgIpc) is 2.68. The van der Waals surface area contributed by atoms with Gasteiger partial charge in [0.15, 0.2) is 6.10 Å². The molecule has 2 amide bonds. The van der Waals surface area contributed by atoms with Gasteiger partial charge in [-0.3, -0.25) is 14.6 Å². The minimum atomic E-state index is -1.18. The highest BCUT2D eigenvalue weighted by Crippen LogP contribution is 2.22. The van der Waals surface area contributed by atoms with E-state index >= 15 is 0 Å². The third-order valence-corrected chi connectivity index (χ3v) is 4.33. The predicted octanol–water partition coefficient (Wildman–Crippen LogP) is 1.28. The van der Waals surface area contributed by atoms with Crippen molar-refractivity contribution in [3.63, 3.8) is 0 Å². The van der Waals surface area contributed by atoms with Crippen LogP contribution in [0.15, 0.2) is 48.7 Å². The van der Waals surface area contributed by atoms with Crippen LogP contribution in [-0.2, 0) is 4.79 Å². The second-order valence-corrected chi connectivity index (χ2v) is 6.22. The summed E-state index contributed by atoms with van der Waals surface area (Å²) in [6.45, 7) is 0.947. The summed E-state index contributed by atoms with van der Waals surface area (Å²) in [6.07, 6.45) is 1.60. The molecule has 0 spiro atoms. The Morgan fingerprint density at radius 1 is 1.27 bits per heavy atom. The van der Waals surface area contributed by atoms with Crippen LogP contribution in [0.25, 0.3) is 0 Å². The molecular formula is C19H21N3O4. The quantitative estimate of drug-likeness (QED) is 0.840. The van der Waals surface area contributed by atoms with Crippen molar-refractivity contribution in [2.75, 3.05) is 13.1 Å². The first-order valence-electron chi connectivity index (χ1n) is 8.49. The van der Waals surface area contributed by atoms with E-state index in [0.717, 1.165) is 12.8 Å². The summed E-state index contributed by atoms with van der Waals surface area (Å²) in [7, 11) is 0. The van der Waals surface area contributed by atoms with E-state index in [1.54, 1.807) is 35.2 Å². The molecule has 7 nitrogen and oxygen atoms in total. The first kappa shape index (κ1) is 17.9. The van der Waals surface area contributed by atoms with Gasteiger partial charge in [0.05, 0.1) is 6.54 Å². The smallest absolute Gasteiger partial charge is 0.267 e. The van der Waals surface area contributed by atoms with Crippen molar-refractivity contribution in [1.29, 1.82) is 0 Å². The van der Waals surface area contributed by atoms with E-state index in [4.69, 9.17) is 10.5 Å². The number of rotatable bonds is 5. The zero-order valence-electron chi connectivity index (χ0n) is 14.2. The lowest BCUT2D eigenvalue weighted by Crippen LogP contribution is -2.46. The monoisotopic (exact) mass is 355 g/mol. The molecule has 2 aromatic rings. The Bertz CT molecular complexity index is 781. The van der Waals surface area contributed by atoms with E-state index in [2.05, 4.69) is 4.98 Å². The molecule has 2 unspecified atom stereocenters. The Morgan fingerprint density at radius 3 is 2.77 bits per heavy atom. The maximum atomic E-state index is 12.6. The molecule has 1 fully saturated rings. The molecule has 0 saturated carbocycles. The van der Waals surface area contributed by atoms with Crippen molar-refractivity contribution in [3.8, 4) is 5.75 Å². The molecular weight excluding hydrogens is 334 g/mol. The van der Waals surface area contributed by atoms with Crippen molar-refractivity contribution < 1.29 is 19.4 Å². The first-order chi connectivity index (χ1) is 12.5. The van der Waals surface area contributed by atoms with Gasteiger partial charge in [0, 0.05) is 18.8 Å². The highest BCUT2D eigenvalue weighted by atomic mass is 16.5. The zero-order valence-corrected chi connectivity index (χ0v) is 14.2. The number of aliphatic hydroxyl groups excluding tert-OH is 1. The van der Waals surface area contributed by atoms with Crippen molar-refractivity contribution in [2.24, 2.45) is 5.73 Å². The third kappa shape index (κ3) is 4.18. The van der Waals surface area contributed by atoms with Gasteiger partial charge in [-0.2, -0.15) is 0 Å².